The van der Waals surface area contributed by atoms with E-state index in [-0.39, 0.29) is 24.5 Å². The van der Waals surface area contributed by atoms with Crippen molar-refractivity contribution in [2.45, 2.75) is 58.2 Å². The van der Waals surface area contributed by atoms with Gasteiger partial charge in [0.05, 0.1) is 6.42 Å². The number of esters is 1. The zero-order valence-corrected chi connectivity index (χ0v) is 16.9. The first-order chi connectivity index (χ1) is 12.2. The molecule has 2 heterocycles. The molecule has 142 valence electrons. The maximum absolute atomic E-state index is 12.2. The molecule has 0 aliphatic rings. The smallest absolute Gasteiger partial charge is 0.310 e. The molecule has 2 aromatic rings. The number of hydrogen-bond donors (Lipinski definition) is 1. The molecule has 2 rings (SSSR count). The number of thioether (sulfide) groups is 1. The number of nitrogens with one attached hydrogen (secondary N) is 1. The number of carbonyl (C=O) groups is 2. The normalized spacial score (nSPS) is 11.6. The van der Waals surface area contributed by atoms with Crippen molar-refractivity contribution < 1.29 is 14.3 Å². The van der Waals surface area contributed by atoms with E-state index in [0.29, 0.717) is 16.6 Å². The van der Waals surface area contributed by atoms with Crippen molar-refractivity contribution in [3.8, 4) is 0 Å². The summed E-state index contributed by atoms with van der Waals surface area (Å²) in [4.78, 5) is 32.8. The molecule has 0 saturated carbocycles. The fraction of sp³-hybridized carbons (Fsp3) is 0.588. The first kappa shape index (κ1) is 20.2. The molecule has 0 saturated heterocycles. The Kier molecular flexibility index (Phi) is 6.22. The Morgan fingerprint density at radius 1 is 1.27 bits per heavy atom. The lowest BCUT2D eigenvalue weighted by Gasteiger charge is -2.24. The zero-order valence-electron chi connectivity index (χ0n) is 16.0. The Morgan fingerprint density at radius 2 is 1.96 bits per heavy atom. The number of hydrogen-bond acceptors (Lipinski definition) is 7. The average Bonchev–Trinajstić information content (AvgIpc) is 2.99. The molecule has 0 bridgehead atoms. The molecule has 0 aromatic carbocycles. The van der Waals surface area contributed by atoms with E-state index in [4.69, 9.17) is 4.74 Å². The summed E-state index contributed by atoms with van der Waals surface area (Å²) in [6.45, 7) is 9.20. The van der Waals surface area contributed by atoms with Crippen LogP contribution in [0.15, 0.2) is 5.16 Å². The summed E-state index contributed by atoms with van der Waals surface area (Å²) in [7, 11) is 0. The number of rotatable bonds is 7. The Labute approximate surface area is 157 Å². The number of fused-ring (bicyclic) bond motifs is 1. The molecule has 26 heavy (non-hydrogen) atoms. The molecular weight excluding hydrogens is 354 g/mol. The maximum atomic E-state index is 12.2. The van der Waals surface area contributed by atoms with Crippen LogP contribution in [0.5, 0.6) is 0 Å². The van der Waals surface area contributed by atoms with Crippen LogP contribution in [-0.2, 0) is 20.7 Å². The second-order valence-electron chi connectivity index (χ2n) is 6.69. The molecule has 0 aliphatic heterocycles. The van der Waals surface area contributed by atoms with Crippen LogP contribution in [0, 0.1) is 13.8 Å². The minimum atomic E-state index is -0.480. The van der Waals surface area contributed by atoms with Gasteiger partial charge >= 0.3 is 5.97 Å². The highest BCUT2D eigenvalue weighted by Crippen LogP contribution is 2.17. The van der Waals surface area contributed by atoms with E-state index in [2.05, 4.69) is 20.4 Å². The Balaban J connectivity index is 2.06. The third-order valence-electron chi connectivity index (χ3n) is 4.26. The fourth-order valence-corrected chi connectivity index (χ4v) is 2.71. The van der Waals surface area contributed by atoms with E-state index in [9.17, 15) is 9.59 Å². The number of aryl methyl sites for hydroxylation is 2. The SMILES string of the molecule is CCC(C)(C)NC(=O)COC(=O)Cc1c(C)nc2nc(SC)nn2c1C. The number of aromatic nitrogens is 4. The predicted molar refractivity (Wildman–Crippen MR) is 99.2 cm³/mol. The van der Waals surface area contributed by atoms with Crippen molar-refractivity contribution in [2.75, 3.05) is 12.9 Å². The van der Waals surface area contributed by atoms with Crippen LogP contribution in [-0.4, -0.2) is 49.9 Å². The first-order valence-corrected chi connectivity index (χ1v) is 9.62. The van der Waals surface area contributed by atoms with Crippen molar-refractivity contribution in [1.82, 2.24) is 24.9 Å². The molecule has 0 unspecified atom stereocenters. The minimum absolute atomic E-state index is 0.0273. The molecule has 8 nitrogen and oxygen atoms in total. The summed E-state index contributed by atoms with van der Waals surface area (Å²) in [5, 5.41) is 7.80. The maximum Gasteiger partial charge on any atom is 0.310 e. The highest BCUT2D eigenvalue weighted by Gasteiger charge is 2.20. The van der Waals surface area contributed by atoms with Crippen molar-refractivity contribution in [2.24, 2.45) is 0 Å². The van der Waals surface area contributed by atoms with Gasteiger partial charge in [0, 0.05) is 22.5 Å². The van der Waals surface area contributed by atoms with Crippen molar-refractivity contribution >= 4 is 29.4 Å². The lowest BCUT2D eigenvalue weighted by molar-refractivity contribution is -0.148. The van der Waals surface area contributed by atoms with Gasteiger partial charge in [0.1, 0.15) is 0 Å². The third-order valence-corrected chi connectivity index (χ3v) is 4.80. The summed E-state index contributed by atoms with van der Waals surface area (Å²) in [5.41, 5.74) is 1.89. The largest absolute Gasteiger partial charge is 0.455 e. The van der Waals surface area contributed by atoms with Crippen LogP contribution in [0.2, 0.25) is 0 Å². The molecule has 0 spiro atoms. The van der Waals surface area contributed by atoms with Gasteiger partial charge in [-0.25, -0.2) is 9.50 Å². The van der Waals surface area contributed by atoms with E-state index in [1.165, 1.54) is 11.8 Å². The van der Waals surface area contributed by atoms with E-state index >= 15 is 0 Å². The Morgan fingerprint density at radius 3 is 2.58 bits per heavy atom. The molecule has 9 heteroatoms. The second-order valence-corrected chi connectivity index (χ2v) is 7.47. The third kappa shape index (κ3) is 4.72. The molecule has 0 aliphatic carbocycles. The summed E-state index contributed by atoms with van der Waals surface area (Å²) >= 11 is 1.43. The van der Waals surface area contributed by atoms with Gasteiger partial charge in [0.15, 0.2) is 6.61 Å². The zero-order chi connectivity index (χ0) is 19.5. The number of ether oxygens (including phenoxy) is 1. The quantitative estimate of drug-likeness (QED) is 0.579. The standard InChI is InChI=1S/C17H25N5O3S/c1-7-17(4,5)20-13(23)9-25-14(24)8-12-10(2)18-15-19-16(26-6)21-22(15)11(12)3/h7-9H2,1-6H3,(H,20,23). The molecule has 0 radical (unpaired) electrons. The van der Waals surface area contributed by atoms with Crippen LogP contribution < -0.4 is 5.32 Å². The number of amides is 1. The first-order valence-electron chi connectivity index (χ1n) is 8.40. The van der Waals surface area contributed by atoms with Gasteiger partial charge in [0.25, 0.3) is 11.7 Å². The molecule has 2 aromatic heterocycles. The van der Waals surface area contributed by atoms with E-state index in [1.807, 2.05) is 40.9 Å². The van der Waals surface area contributed by atoms with Gasteiger partial charge < -0.3 is 10.1 Å². The number of nitrogens with zero attached hydrogens (tertiary/aromatic N) is 4. The lowest BCUT2D eigenvalue weighted by atomic mass is 10.0. The van der Waals surface area contributed by atoms with Crippen LogP contribution in [0.3, 0.4) is 0 Å². The molecular formula is C17H25N5O3S. The van der Waals surface area contributed by atoms with E-state index < -0.39 is 5.97 Å². The summed E-state index contributed by atoms with van der Waals surface area (Å²) in [6, 6.07) is 0. The van der Waals surface area contributed by atoms with Gasteiger partial charge in [-0.1, -0.05) is 18.7 Å². The van der Waals surface area contributed by atoms with Crippen molar-refractivity contribution in [3.05, 3.63) is 17.0 Å². The van der Waals surface area contributed by atoms with Crippen LogP contribution in [0.1, 0.15) is 44.1 Å². The monoisotopic (exact) mass is 379 g/mol. The summed E-state index contributed by atoms with van der Waals surface area (Å²) < 4.78 is 6.74. The highest BCUT2D eigenvalue weighted by atomic mass is 32.2. The fourth-order valence-electron chi connectivity index (χ4n) is 2.38. The summed E-state index contributed by atoms with van der Waals surface area (Å²) in [5.74, 6) is -0.289. The van der Waals surface area contributed by atoms with Gasteiger partial charge in [-0.15, -0.1) is 5.10 Å². The van der Waals surface area contributed by atoms with Gasteiger partial charge in [-0.05, 0) is 40.4 Å². The van der Waals surface area contributed by atoms with E-state index in [1.54, 1.807) is 4.52 Å². The highest BCUT2D eigenvalue weighted by molar-refractivity contribution is 7.98. The second kappa shape index (κ2) is 8.03. The van der Waals surface area contributed by atoms with Gasteiger partial charge in [0.2, 0.25) is 5.16 Å². The van der Waals surface area contributed by atoms with Crippen LogP contribution in [0.25, 0.3) is 5.78 Å². The predicted octanol–water partition coefficient (Wildman–Crippen LogP) is 1.85. The molecule has 1 amide bonds. The summed E-state index contributed by atoms with van der Waals surface area (Å²) in [6.07, 6.45) is 2.70. The molecule has 0 fully saturated rings. The average molecular weight is 379 g/mol. The minimum Gasteiger partial charge on any atom is -0.455 e. The topological polar surface area (TPSA) is 98.5 Å². The van der Waals surface area contributed by atoms with Gasteiger partial charge in [-0.2, -0.15) is 4.98 Å². The molecule has 1 N–H and O–H groups in total. The van der Waals surface area contributed by atoms with Crippen LogP contribution in [0.4, 0.5) is 0 Å². The Bertz CT molecular complexity index is 831. The van der Waals surface area contributed by atoms with E-state index in [0.717, 1.165) is 17.7 Å². The lowest BCUT2D eigenvalue weighted by Crippen LogP contribution is -2.44. The van der Waals surface area contributed by atoms with Crippen molar-refractivity contribution in [3.63, 3.8) is 0 Å². The van der Waals surface area contributed by atoms with Crippen LogP contribution >= 0.6 is 11.8 Å². The number of carbonyl (C=O) groups excluding carboxylic acids is 2. The Hall–Kier alpha value is -2.16. The molecule has 0 atom stereocenters. The van der Waals surface area contributed by atoms with Gasteiger partial charge in [-0.3, -0.25) is 9.59 Å². The van der Waals surface area contributed by atoms with Crippen molar-refractivity contribution in [1.29, 1.82) is 0 Å².